The predicted octanol–water partition coefficient (Wildman–Crippen LogP) is 1.07. The summed E-state index contributed by atoms with van der Waals surface area (Å²) in [7, 11) is 0. The fraction of sp³-hybridized carbons (Fsp3) is 0.419. The van der Waals surface area contributed by atoms with Crippen LogP contribution in [0, 0.1) is 11.8 Å². The Labute approximate surface area is 250 Å². The van der Waals surface area contributed by atoms with Crippen molar-refractivity contribution in [1.29, 1.82) is 0 Å². The normalized spacial score (nSPS) is 14.9. The Morgan fingerprint density at radius 3 is 1.98 bits per heavy atom. The van der Waals surface area contributed by atoms with Crippen molar-refractivity contribution in [2.24, 2.45) is 17.6 Å². The van der Waals surface area contributed by atoms with E-state index >= 15 is 0 Å². The standard InChI is InChI=1S/C31H39N5O7/c1-19(2)14-25(35-31(42)43-18-22-12-8-5-9-13-22)29(40)33-20(3)26(37)30(41)36-16-23(17-36)28(39)34-24(27(32)38)15-21-10-6-4-7-11-21/h4-13,19-20,23-25H,14-18H2,1-3H3,(H2,32,38)(H,33,40)(H,34,39)(H,35,42). The van der Waals surface area contributed by atoms with Crippen LogP contribution in [0.1, 0.15) is 38.3 Å². The first kappa shape index (κ1) is 32.8. The quantitative estimate of drug-likeness (QED) is 0.237. The van der Waals surface area contributed by atoms with Crippen molar-refractivity contribution >= 4 is 35.5 Å². The molecule has 2 aromatic rings. The summed E-state index contributed by atoms with van der Waals surface area (Å²) in [6.07, 6.45) is -0.280. The van der Waals surface area contributed by atoms with E-state index < -0.39 is 59.5 Å². The summed E-state index contributed by atoms with van der Waals surface area (Å²) in [6.45, 7) is 5.12. The van der Waals surface area contributed by atoms with Crippen molar-refractivity contribution in [3.63, 3.8) is 0 Å². The second kappa shape index (κ2) is 15.5. The van der Waals surface area contributed by atoms with Crippen LogP contribution in [-0.2, 0) is 41.7 Å². The van der Waals surface area contributed by atoms with Gasteiger partial charge in [-0.1, -0.05) is 74.5 Å². The van der Waals surface area contributed by atoms with Crippen LogP contribution in [0.2, 0.25) is 0 Å². The van der Waals surface area contributed by atoms with E-state index in [1.54, 1.807) is 12.1 Å². The second-order valence-electron chi connectivity index (χ2n) is 11.0. The molecule has 2 aromatic carbocycles. The van der Waals surface area contributed by atoms with Gasteiger partial charge in [-0.15, -0.1) is 0 Å². The SMILES string of the molecule is CC(C)CC(NC(=O)OCc1ccccc1)C(=O)NC(C)C(=O)C(=O)N1CC(C(=O)NC(Cc2ccccc2)C(N)=O)C1. The molecule has 3 unspecified atom stereocenters. The van der Waals surface area contributed by atoms with Gasteiger partial charge in [0.25, 0.3) is 5.91 Å². The van der Waals surface area contributed by atoms with Crippen molar-refractivity contribution in [2.75, 3.05) is 13.1 Å². The van der Waals surface area contributed by atoms with Gasteiger partial charge >= 0.3 is 6.09 Å². The maximum atomic E-state index is 13.0. The summed E-state index contributed by atoms with van der Waals surface area (Å²) in [4.78, 5) is 76.7. The van der Waals surface area contributed by atoms with Crippen LogP contribution in [0.15, 0.2) is 60.7 Å². The predicted molar refractivity (Wildman–Crippen MR) is 157 cm³/mol. The number of likely N-dealkylation sites (tertiary alicyclic amines) is 1. The lowest BCUT2D eigenvalue weighted by molar-refractivity contribution is -0.152. The Bertz CT molecular complexity index is 1300. The number of ketones is 1. The van der Waals surface area contributed by atoms with Gasteiger partial charge in [0.1, 0.15) is 18.7 Å². The molecule has 0 saturated carbocycles. The number of rotatable bonds is 14. The Balaban J connectivity index is 1.47. The van der Waals surface area contributed by atoms with Gasteiger partial charge in [0.15, 0.2) is 0 Å². The number of hydrogen-bond acceptors (Lipinski definition) is 7. The highest BCUT2D eigenvalue weighted by Crippen LogP contribution is 2.17. The molecule has 12 nitrogen and oxygen atoms in total. The summed E-state index contributed by atoms with van der Waals surface area (Å²) < 4.78 is 5.21. The highest BCUT2D eigenvalue weighted by Gasteiger charge is 2.40. The number of primary amides is 1. The van der Waals surface area contributed by atoms with E-state index in [4.69, 9.17) is 10.5 Å². The molecule has 5 amide bonds. The number of carbonyl (C=O) groups excluding carboxylic acids is 6. The minimum Gasteiger partial charge on any atom is -0.445 e. The molecule has 0 aromatic heterocycles. The van der Waals surface area contributed by atoms with Gasteiger partial charge in [0.05, 0.1) is 12.0 Å². The van der Waals surface area contributed by atoms with Gasteiger partial charge in [0.2, 0.25) is 23.5 Å². The minimum absolute atomic E-state index is 0.0152. The van der Waals surface area contributed by atoms with Gasteiger partial charge < -0.3 is 31.3 Å². The third kappa shape index (κ3) is 9.94. The van der Waals surface area contributed by atoms with E-state index in [1.165, 1.54) is 11.8 Å². The number of amides is 5. The number of Topliss-reactive ketones (excluding diaryl/α,β-unsaturated/α-hetero) is 1. The first-order valence-corrected chi connectivity index (χ1v) is 14.2. The lowest BCUT2D eigenvalue weighted by atomic mass is 9.96. The number of benzene rings is 2. The van der Waals surface area contributed by atoms with E-state index in [-0.39, 0.29) is 38.5 Å². The van der Waals surface area contributed by atoms with E-state index in [0.29, 0.717) is 0 Å². The van der Waals surface area contributed by atoms with E-state index in [0.717, 1.165) is 11.1 Å². The molecule has 0 spiro atoms. The molecule has 1 fully saturated rings. The van der Waals surface area contributed by atoms with Crippen molar-refractivity contribution in [3.8, 4) is 0 Å². The number of carbonyl (C=O) groups is 6. The smallest absolute Gasteiger partial charge is 0.408 e. The highest BCUT2D eigenvalue weighted by molar-refractivity contribution is 6.38. The Hall–Kier alpha value is -4.74. The van der Waals surface area contributed by atoms with Crippen LogP contribution >= 0.6 is 0 Å². The zero-order valence-electron chi connectivity index (χ0n) is 24.6. The van der Waals surface area contributed by atoms with E-state index in [9.17, 15) is 28.8 Å². The molecule has 0 aliphatic carbocycles. The lowest BCUT2D eigenvalue weighted by Crippen LogP contribution is -2.61. The monoisotopic (exact) mass is 593 g/mol. The van der Waals surface area contributed by atoms with Crippen molar-refractivity contribution in [1.82, 2.24) is 20.9 Å². The van der Waals surface area contributed by atoms with Crippen molar-refractivity contribution in [3.05, 3.63) is 71.8 Å². The van der Waals surface area contributed by atoms with Crippen molar-refractivity contribution < 1.29 is 33.5 Å². The summed E-state index contributed by atoms with van der Waals surface area (Å²) in [6, 6.07) is 15.1. The average Bonchev–Trinajstić information content (AvgIpc) is 2.94. The molecular weight excluding hydrogens is 554 g/mol. The van der Waals surface area contributed by atoms with Gasteiger partial charge in [-0.2, -0.15) is 0 Å². The van der Waals surface area contributed by atoms with Crippen LogP contribution in [0.4, 0.5) is 4.79 Å². The van der Waals surface area contributed by atoms with E-state index in [2.05, 4.69) is 16.0 Å². The minimum atomic E-state index is -1.17. The molecule has 3 rings (SSSR count). The summed E-state index contributed by atoms with van der Waals surface area (Å²) in [5, 5.41) is 7.67. The zero-order chi connectivity index (χ0) is 31.5. The van der Waals surface area contributed by atoms with Crippen molar-refractivity contribution in [2.45, 2.75) is 58.3 Å². The molecule has 12 heteroatoms. The molecule has 1 heterocycles. The zero-order valence-corrected chi connectivity index (χ0v) is 24.6. The van der Waals surface area contributed by atoms with Gasteiger partial charge in [-0.3, -0.25) is 24.0 Å². The molecule has 0 radical (unpaired) electrons. The summed E-state index contributed by atoms with van der Waals surface area (Å²) in [5.41, 5.74) is 7.08. The van der Waals surface area contributed by atoms with E-state index in [1.807, 2.05) is 62.4 Å². The van der Waals surface area contributed by atoms with Crippen LogP contribution in [-0.4, -0.2) is 71.6 Å². The third-order valence-corrected chi connectivity index (χ3v) is 6.97. The molecule has 0 bridgehead atoms. The molecule has 5 N–H and O–H groups in total. The molecule has 230 valence electrons. The number of hydrogen-bond donors (Lipinski definition) is 4. The van der Waals surface area contributed by atoms with Gasteiger partial charge in [0, 0.05) is 19.5 Å². The maximum Gasteiger partial charge on any atom is 0.408 e. The number of nitrogens with zero attached hydrogens (tertiary/aromatic N) is 1. The largest absolute Gasteiger partial charge is 0.445 e. The summed E-state index contributed by atoms with van der Waals surface area (Å²) in [5.74, 6) is -4.04. The first-order chi connectivity index (χ1) is 20.4. The molecule has 3 atom stereocenters. The lowest BCUT2D eigenvalue weighted by Gasteiger charge is -2.38. The fourth-order valence-electron chi connectivity index (χ4n) is 4.50. The Kier molecular flexibility index (Phi) is 11.8. The van der Waals surface area contributed by atoms with Gasteiger partial charge in [-0.05, 0) is 30.4 Å². The molecule has 1 saturated heterocycles. The Morgan fingerprint density at radius 2 is 1.42 bits per heavy atom. The summed E-state index contributed by atoms with van der Waals surface area (Å²) >= 11 is 0. The van der Waals surface area contributed by atoms with Gasteiger partial charge in [-0.25, -0.2) is 4.79 Å². The second-order valence-corrected chi connectivity index (χ2v) is 11.0. The number of ether oxygens (including phenoxy) is 1. The molecule has 1 aliphatic rings. The van der Waals surface area contributed by atoms with Crippen LogP contribution in [0.3, 0.4) is 0 Å². The Morgan fingerprint density at radius 1 is 0.837 bits per heavy atom. The molecule has 1 aliphatic heterocycles. The van der Waals surface area contributed by atoms with Crippen LogP contribution in [0.5, 0.6) is 0 Å². The topological polar surface area (TPSA) is 177 Å². The van der Waals surface area contributed by atoms with Crippen LogP contribution in [0.25, 0.3) is 0 Å². The third-order valence-electron chi connectivity index (χ3n) is 6.97. The molecule has 43 heavy (non-hydrogen) atoms. The first-order valence-electron chi connectivity index (χ1n) is 14.2. The number of nitrogens with one attached hydrogen (secondary N) is 3. The van der Waals surface area contributed by atoms with Crippen LogP contribution < -0.4 is 21.7 Å². The average molecular weight is 594 g/mol. The fourth-order valence-corrected chi connectivity index (χ4v) is 4.50. The highest BCUT2D eigenvalue weighted by atomic mass is 16.5. The number of nitrogens with two attached hydrogens (primary N) is 1. The number of alkyl carbamates (subject to hydrolysis) is 1. The molecular formula is C31H39N5O7. The maximum absolute atomic E-state index is 13.0.